The number of esters is 1. The normalized spacial score (nSPS) is 34.6. The first-order valence-corrected chi connectivity index (χ1v) is 3.36. The number of cyclic esters (lactones) is 1. The highest BCUT2D eigenvalue weighted by atomic mass is 16.6. The summed E-state index contributed by atoms with van der Waals surface area (Å²) in [7, 11) is 0. The first kappa shape index (κ1) is 5.92. The second-order valence-electron chi connectivity index (χ2n) is 2.45. The summed E-state index contributed by atoms with van der Waals surface area (Å²) in [5.74, 6) is -0.171. The van der Waals surface area contributed by atoms with Gasteiger partial charge in [-0.15, -0.1) is 0 Å². The Hall–Kier alpha value is -0.830. The molecular weight excluding hydrogens is 132 g/mol. The van der Waals surface area contributed by atoms with Gasteiger partial charge in [0.2, 0.25) is 0 Å². The van der Waals surface area contributed by atoms with Gasteiger partial charge in [-0.2, -0.15) is 0 Å². The van der Waals surface area contributed by atoms with E-state index in [1.165, 1.54) is 0 Å². The number of hydrogen-bond acceptors (Lipinski definition) is 3. The molecule has 0 aromatic carbocycles. The third-order valence-electron chi connectivity index (χ3n) is 1.61. The van der Waals surface area contributed by atoms with Crippen molar-refractivity contribution in [2.24, 2.45) is 0 Å². The van der Waals surface area contributed by atoms with Crippen LogP contribution >= 0.6 is 0 Å². The van der Waals surface area contributed by atoms with Crippen LogP contribution in [0.5, 0.6) is 0 Å². The third kappa shape index (κ3) is 1.04. The minimum Gasteiger partial charge on any atom is -0.462 e. The highest BCUT2D eigenvalue weighted by Crippen LogP contribution is 2.19. The fourth-order valence-electron chi connectivity index (χ4n) is 0.976. The van der Waals surface area contributed by atoms with Crippen molar-refractivity contribution in [3.8, 4) is 0 Å². The Labute approximate surface area is 58.6 Å². The van der Waals surface area contributed by atoms with Gasteiger partial charge in [0, 0.05) is 12.0 Å². The van der Waals surface area contributed by atoms with E-state index in [0.717, 1.165) is 18.6 Å². The molecule has 0 N–H and O–H groups in total. The number of rotatable bonds is 1. The summed E-state index contributed by atoms with van der Waals surface area (Å²) in [4.78, 5) is 10.8. The van der Waals surface area contributed by atoms with Gasteiger partial charge in [-0.05, 0) is 6.08 Å². The van der Waals surface area contributed by atoms with Crippen LogP contribution in [0, 0.1) is 0 Å². The Morgan fingerprint density at radius 3 is 2.90 bits per heavy atom. The van der Waals surface area contributed by atoms with Gasteiger partial charge < -0.3 is 9.47 Å². The lowest BCUT2D eigenvalue weighted by atomic mass is 10.2. The second-order valence-corrected chi connectivity index (χ2v) is 2.45. The Kier molecular flexibility index (Phi) is 1.24. The molecule has 2 aliphatic heterocycles. The molecule has 2 saturated heterocycles. The lowest BCUT2D eigenvalue weighted by molar-refractivity contribution is -0.135. The molecule has 0 amide bonds. The third-order valence-corrected chi connectivity index (χ3v) is 1.61. The molecule has 0 bridgehead atoms. The van der Waals surface area contributed by atoms with Crippen LogP contribution in [0.1, 0.15) is 6.42 Å². The number of carbonyl (C=O) groups is 1. The van der Waals surface area contributed by atoms with Crippen LogP contribution in [0.25, 0.3) is 0 Å². The monoisotopic (exact) mass is 140 g/mol. The molecule has 1 unspecified atom stereocenters. The molecule has 1 atom stereocenters. The maximum absolute atomic E-state index is 10.8. The number of carbonyl (C=O) groups excluding carboxylic acids is 1. The van der Waals surface area contributed by atoms with Crippen LogP contribution in [0.2, 0.25) is 0 Å². The van der Waals surface area contributed by atoms with E-state index in [4.69, 9.17) is 9.47 Å². The van der Waals surface area contributed by atoms with E-state index in [0.29, 0.717) is 6.61 Å². The van der Waals surface area contributed by atoms with Crippen LogP contribution in [-0.4, -0.2) is 25.3 Å². The van der Waals surface area contributed by atoms with Crippen molar-refractivity contribution in [2.45, 2.75) is 12.5 Å². The van der Waals surface area contributed by atoms with Gasteiger partial charge in [-0.25, -0.2) is 4.79 Å². The minimum atomic E-state index is -0.171. The zero-order chi connectivity index (χ0) is 6.97. The molecule has 10 heavy (non-hydrogen) atoms. The van der Waals surface area contributed by atoms with E-state index in [9.17, 15) is 4.79 Å². The summed E-state index contributed by atoms with van der Waals surface area (Å²) >= 11 is 0. The summed E-state index contributed by atoms with van der Waals surface area (Å²) in [6.07, 6.45) is 2.80. The van der Waals surface area contributed by atoms with Gasteiger partial charge in [0.25, 0.3) is 0 Å². The molecule has 3 nitrogen and oxygen atoms in total. The fourth-order valence-corrected chi connectivity index (χ4v) is 0.976. The predicted octanol–water partition coefficient (Wildman–Crippen LogP) is 0.258. The van der Waals surface area contributed by atoms with Crippen molar-refractivity contribution in [1.29, 1.82) is 0 Å². The zero-order valence-corrected chi connectivity index (χ0v) is 5.50. The summed E-state index contributed by atoms with van der Waals surface area (Å²) in [6, 6.07) is 0. The average Bonchev–Trinajstić information content (AvgIpc) is 2.62. The lowest BCUT2D eigenvalue weighted by Crippen LogP contribution is -1.95. The van der Waals surface area contributed by atoms with E-state index >= 15 is 0 Å². The Morgan fingerprint density at radius 2 is 2.40 bits per heavy atom. The van der Waals surface area contributed by atoms with Crippen molar-refractivity contribution in [3.05, 3.63) is 11.6 Å². The first-order chi connectivity index (χ1) is 4.86. The van der Waals surface area contributed by atoms with Crippen molar-refractivity contribution < 1.29 is 14.3 Å². The van der Waals surface area contributed by atoms with Gasteiger partial charge in [0.05, 0.1) is 19.3 Å². The highest BCUT2D eigenvalue weighted by Gasteiger charge is 2.25. The molecule has 2 aliphatic rings. The van der Waals surface area contributed by atoms with E-state index in [2.05, 4.69) is 0 Å². The number of hydrogen-bond donors (Lipinski definition) is 0. The van der Waals surface area contributed by atoms with E-state index < -0.39 is 0 Å². The largest absolute Gasteiger partial charge is 0.462 e. The van der Waals surface area contributed by atoms with E-state index in [-0.39, 0.29) is 12.1 Å². The average molecular weight is 140 g/mol. The van der Waals surface area contributed by atoms with E-state index in [1.807, 2.05) is 6.08 Å². The van der Waals surface area contributed by atoms with Crippen LogP contribution in [0.15, 0.2) is 11.6 Å². The molecule has 54 valence electrons. The molecular formula is C7H8O3. The van der Waals surface area contributed by atoms with Gasteiger partial charge in [-0.3, -0.25) is 0 Å². The van der Waals surface area contributed by atoms with Gasteiger partial charge >= 0.3 is 5.97 Å². The Morgan fingerprint density at radius 1 is 1.60 bits per heavy atom. The maximum atomic E-state index is 10.8. The van der Waals surface area contributed by atoms with Crippen LogP contribution in [-0.2, 0) is 14.3 Å². The maximum Gasteiger partial charge on any atom is 0.333 e. The van der Waals surface area contributed by atoms with Crippen molar-refractivity contribution in [3.63, 3.8) is 0 Å². The molecule has 2 fully saturated rings. The molecule has 0 radical (unpaired) electrons. The molecule has 0 spiro atoms. The topological polar surface area (TPSA) is 38.8 Å². The summed E-state index contributed by atoms with van der Waals surface area (Å²) in [5, 5.41) is 0. The molecule has 0 aliphatic carbocycles. The van der Waals surface area contributed by atoms with Crippen LogP contribution < -0.4 is 0 Å². The quantitative estimate of drug-likeness (QED) is 0.298. The summed E-state index contributed by atoms with van der Waals surface area (Å²) in [5.41, 5.74) is 0.780. The van der Waals surface area contributed by atoms with Gasteiger partial charge in [0.1, 0.15) is 0 Å². The molecule has 2 rings (SSSR count). The van der Waals surface area contributed by atoms with Crippen LogP contribution in [0.4, 0.5) is 0 Å². The molecule has 3 heteroatoms. The fraction of sp³-hybridized carbons (Fsp3) is 0.571. The lowest BCUT2D eigenvalue weighted by Gasteiger charge is -1.86. The zero-order valence-electron chi connectivity index (χ0n) is 5.50. The number of epoxide rings is 1. The molecule has 2 heterocycles. The van der Waals surface area contributed by atoms with Crippen molar-refractivity contribution >= 4 is 5.97 Å². The van der Waals surface area contributed by atoms with Gasteiger partial charge in [0.15, 0.2) is 0 Å². The SMILES string of the molecule is O=C1OCCC1=CC1CO1. The summed E-state index contributed by atoms with van der Waals surface area (Å²) in [6.45, 7) is 1.30. The first-order valence-electron chi connectivity index (χ1n) is 3.36. The molecule has 0 aromatic heterocycles. The van der Waals surface area contributed by atoms with Crippen molar-refractivity contribution in [2.75, 3.05) is 13.2 Å². The van der Waals surface area contributed by atoms with Crippen molar-refractivity contribution in [1.82, 2.24) is 0 Å². The Balaban J connectivity index is 2.07. The Bertz CT molecular complexity index is 191. The highest BCUT2D eigenvalue weighted by molar-refractivity contribution is 5.90. The smallest absolute Gasteiger partial charge is 0.333 e. The second kappa shape index (κ2) is 2.09. The minimum absolute atomic E-state index is 0.171. The summed E-state index contributed by atoms with van der Waals surface area (Å²) < 4.78 is 9.67. The molecule has 0 saturated carbocycles. The van der Waals surface area contributed by atoms with E-state index in [1.54, 1.807) is 0 Å². The predicted molar refractivity (Wildman–Crippen MR) is 33.4 cm³/mol. The number of ether oxygens (including phenoxy) is 2. The molecule has 0 aromatic rings. The van der Waals surface area contributed by atoms with Crippen LogP contribution in [0.3, 0.4) is 0 Å². The standard InChI is InChI=1S/C7H8O3/c8-7-5(1-2-9-7)3-6-4-10-6/h3,6H,1-2,4H2. The van der Waals surface area contributed by atoms with Gasteiger partial charge in [-0.1, -0.05) is 0 Å².